The molecule has 298 valence electrons. The normalized spacial score (nSPS) is 11.3. The lowest BCUT2D eigenvalue weighted by atomic mass is 9.90. The Balaban J connectivity index is 1.07. The second-order valence-electron chi connectivity index (χ2n) is 15.4. The van der Waals surface area contributed by atoms with Gasteiger partial charge in [-0.3, -0.25) is 0 Å². The SMILES string of the molecule is c1ccc(P(c2ccccc2)c2ccccc2CNc2ccc3ccccc3c2-c2c(NCc3ccccc3P(c3ccccc3)c3ccccc3)ccc3ccccc23)cc1. The van der Waals surface area contributed by atoms with Crippen LogP contribution in [0.2, 0.25) is 0 Å². The third-order valence-electron chi connectivity index (χ3n) is 11.6. The van der Waals surface area contributed by atoms with E-state index in [1.54, 1.807) is 0 Å². The van der Waals surface area contributed by atoms with Gasteiger partial charge in [-0.1, -0.05) is 231 Å². The number of fused-ring (bicyclic) bond motifs is 2. The third kappa shape index (κ3) is 8.16. The lowest BCUT2D eigenvalue weighted by Gasteiger charge is -2.25. The Hall–Kier alpha value is -6.82. The summed E-state index contributed by atoms with van der Waals surface area (Å²) in [6.07, 6.45) is 0. The largest absolute Gasteiger partial charge is 0.380 e. The number of anilines is 2. The molecule has 0 fully saturated rings. The highest BCUT2D eigenvalue weighted by Crippen LogP contribution is 2.44. The van der Waals surface area contributed by atoms with Gasteiger partial charge >= 0.3 is 0 Å². The molecular formula is C58H46N2P2. The number of rotatable bonds is 13. The van der Waals surface area contributed by atoms with Gasteiger partial charge in [0.15, 0.2) is 0 Å². The monoisotopic (exact) mass is 832 g/mol. The van der Waals surface area contributed by atoms with E-state index in [-0.39, 0.29) is 0 Å². The van der Waals surface area contributed by atoms with E-state index in [2.05, 4.69) is 253 Å². The van der Waals surface area contributed by atoms with Gasteiger partial charge in [-0.05, 0) is 92.5 Å². The van der Waals surface area contributed by atoms with Gasteiger partial charge in [0.05, 0.1) is 0 Å². The van der Waals surface area contributed by atoms with Crippen LogP contribution < -0.4 is 42.5 Å². The fourth-order valence-electron chi connectivity index (χ4n) is 8.68. The van der Waals surface area contributed by atoms with Gasteiger partial charge in [-0.25, -0.2) is 0 Å². The minimum Gasteiger partial charge on any atom is -0.380 e. The first-order valence-electron chi connectivity index (χ1n) is 21.3. The van der Waals surface area contributed by atoms with Crippen LogP contribution >= 0.6 is 15.8 Å². The molecule has 0 aliphatic rings. The molecule has 0 saturated carbocycles. The van der Waals surface area contributed by atoms with Gasteiger partial charge in [0, 0.05) is 35.6 Å². The quantitative estimate of drug-likeness (QED) is 0.113. The van der Waals surface area contributed by atoms with Crippen molar-refractivity contribution in [3.8, 4) is 11.1 Å². The predicted molar refractivity (Wildman–Crippen MR) is 272 cm³/mol. The van der Waals surface area contributed by atoms with Crippen LogP contribution in [0.5, 0.6) is 0 Å². The molecule has 0 aromatic heterocycles. The highest BCUT2D eigenvalue weighted by molar-refractivity contribution is 7.80. The third-order valence-corrected chi connectivity index (χ3v) is 16.7. The first-order chi connectivity index (χ1) is 30.8. The summed E-state index contributed by atoms with van der Waals surface area (Å²) >= 11 is 0. The van der Waals surface area contributed by atoms with Gasteiger partial charge in [-0.15, -0.1) is 0 Å². The van der Waals surface area contributed by atoms with E-state index < -0.39 is 15.8 Å². The summed E-state index contributed by atoms with van der Waals surface area (Å²) in [6.45, 7) is 1.37. The van der Waals surface area contributed by atoms with Crippen LogP contribution in [0.1, 0.15) is 11.1 Å². The molecular weight excluding hydrogens is 787 g/mol. The van der Waals surface area contributed by atoms with E-state index in [9.17, 15) is 0 Å². The Morgan fingerprint density at radius 1 is 0.274 bits per heavy atom. The second kappa shape index (κ2) is 18.4. The maximum atomic E-state index is 4.03. The van der Waals surface area contributed by atoms with E-state index in [1.165, 1.54) is 75.6 Å². The Bertz CT molecular complexity index is 2790. The van der Waals surface area contributed by atoms with Crippen LogP contribution in [0, 0.1) is 0 Å². The van der Waals surface area contributed by atoms with Crippen molar-refractivity contribution >= 4 is 80.6 Å². The summed E-state index contributed by atoms with van der Waals surface area (Å²) in [5.41, 5.74) is 7.23. The summed E-state index contributed by atoms with van der Waals surface area (Å²) in [6, 6.07) is 88.7. The summed E-state index contributed by atoms with van der Waals surface area (Å²) in [4.78, 5) is 0. The first-order valence-corrected chi connectivity index (χ1v) is 24.0. The van der Waals surface area contributed by atoms with Crippen LogP contribution in [0.25, 0.3) is 32.7 Å². The molecule has 4 heteroatoms. The van der Waals surface area contributed by atoms with Crippen molar-refractivity contribution in [1.82, 2.24) is 0 Å². The summed E-state index contributed by atoms with van der Waals surface area (Å²) in [5.74, 6) is 0. The highest BCUT2D eigenvalue weighted by atomic mass is 31.1. The standard InChI is InChI=1S/C58H46N2P2/c1-5-25-47(26-6-1)61(48-27-7-2-8-28-48)55-35-19-15-23-45(55)41-59-53-39-37-43-21-13-17-33-51(43)57(53)58-52-34-18-14-22-44(52)38-40-54(58)60-42-46-24-16-20-36-56(46)62(49-29-9-3-10-30-49)50-31-11-4-12-32-50/h1-40,59-60H,41-42H2. The molecule has 62 heavy (non-hydrogen) atoms. The molecule has 0 amide bonds. The van der Waals surface area contributed by atoms with Crippen molar-refractivity contribution < 1.29 is 0 Å². The molecule has 0 radical (unpaired) electrons. The van der Waals surface area contributed by atoms with E-state index in [0.717, 1.165) is 11.4 Å². The van der Waals surface area contributed by atoms with Gasteiger partial charge in [-0.2, -0.15) is 0 Å². The van der Waals surface area contributed by atoms with Gasteiger partial charge < -0.3 is 10.6 Å². The highest BCUT2D eigenvalue weighted by Gasteiger charge is 2.23. The smallest absolute Gasteiger partial charge is 0.0430 e. The topological polar surface area (TPSA) is 24.1 Å². The number of hydrogen-bond donors (Lipinski definition) is 2. The lowest BCUT2D eigenvalue weighted by Crippen LogP contribution is -2.24. The molecule has 0 spiro atoms. The lowest BCUT2D eigenvalue weighted by molar-refractivity contribution is 1.16. The maximum absolute atomic E-state index is 4.03. The van der Waals surface area contributed by atoms with Crippen molar-refractivity contribution in [3.05, 3.63) is 254 Å². The molecule has 0 atom stereocenters. The Kier molecular flexibility index (Phi) is 11.7. The molecule has 0 aliphatic carbocycles. The van der Waals surface area contributed by atoms with E-state index in [0.29, 0.717) is 13.1 Å². The first kappa shape index (κ1) is 39.3. The molecule has 2 nitrogen and oxygen atoms in total. The van der Waals surface area contributed by atoms with E-state index in [1.807, 2.05) is 0 Å². The molecule has 10 rings (SSSR count). The fourth-order valence-corrected chi connectivity index (χ4v) is 13.6. The Morgan fingerprint density at radius 2 is 0.581 bits per heavy atom. The van der Waals surface area contributed by atoms with Crippen LogP contribution in [0.15, 0.2) is 243 Å². The molecule has 0 saturated heterocycles. The molecule has 0 unspecified atom stereocenters. The van der Waals surface area contributed by atoms with Crippen molar-refractivity contribution in [2.75, 3.05) is 10.6 Å². The van der Waals surface area contributed by atoms with Crippen LogP contribution in [0.3, 0.4) is 0 Å². The van der Waals surface area contributed by atoms with Crippen molar-refractivity contribution in [1.29, 1.82) is 0 Å². The second-order valence-corrected chi connectivity index (χ2v) is 19.8. The predicted octanol–water partition coefficient (Wildman–Crippen LogP) is 12.4. The van der Waals surface area contributed by atoms with E-state index >= 15 is 0 Å². The molecule has 0 heterocycles. The number of benzene rings is 10. The zero-order chi connectivity index (χ0) is 41.5. The van der Waals surface area contributed by atoms with Crippen LogP contribution in [-0.2, 0) is 13.1 Å². The maximum Gasteiger partial charge on any atom is 0.0430 e. The van der Waals surface area contributed by atoms with Gasteiger partial charge in [0.1, 0.15) is 0 Å². The molecule has 10 aromatic rings. The van der Waals surface area contributed by atoms with Gasteiger partial charge in [0.2, 0.25) is 0 Å². The van der Waals surface area contributed by atoms with E-state index in [4.69, 9.17) is 0 Å². The minimum atomic E-state index is -0.769. The Morgan fingerprint density at radius 3 is 0.952 bits per heavy atom. The molecule has 0 bridgehead atoms. The molecule has 2 N–H and O–H groups in total. The number of nitrogens with one attached hydrogen (secondary N) is 2. The van der Waals surface area contributed by atoms with Crippen LogP contribution in [-0.4, -0.2) is 0 Å². The molecule has 0 aliphatic heterocycles. The average Bonchev–Trinajstić information content (AvgIpc) is 3.34. The summed E-state index contributed by atoms with van der Waals surface area (Å²) < 4.78 is 0. The Labute approximate surface area is 367 Å². The van der Waals surface area contributed by atoms with Crippen molar-refractivity contribution in [2.45, 2.75) is 13.1 Å². The number of hydrogen-bond acceptors (Lipinski definition) is 2. The van der Waals surface area contributed by atoms with Crippen molar-refractivity contribution in [2.24, 2.45) is 0 Å². The van der Waals surface area contributed by atoms with Gasteiger partial charge in [0.25, 0.3) is 0 Å². The summed E-state index contributed by atoms with van der Waals surface area (Å²) in [5, 5.41) is 21.1. The zero-order valence-electron chi connectivity index (χ0n) is 34.4. The fraction of sp³-hybridized carbons (Fsp3) is 0.0345. The van der Waals surface area contributed by atoms with Crippen molar-refractivity contribution in [3.63, 3.8) is 0 Å². The summed E-state index contributed by atoms with van der Waals surface area (Å²) in [7, 11) is -1.54. The molecule has 10 aromatic carbocycles. The minimum absolute atomic E-state index is 0.684. The van der Waals surface area contributed by atoms with Crippen LogP contribution in [0.4, 0.5) is 11.4 Å². The average molecular weight is 833 g/mol. The zero-order valence-corrected chi connectivity index (χ0v) is 36.2.